The molecular formula is C25H23BrN2O4S. The maximum Gasteiger partial charge on any atom is 0.338 e. The summed E-state index contributed by atoms with van der Waals surface area (Å²) in [7, 11) is 1.59. The lowest BCUT2D eigenvalue weighted by atomic mass is 9.96. The van der Waals surface area contributed by atoms with E-state index in [2.05, 4.69) is 20.9 Å². The van der Waals surface area contributed by atoms with E-state index in [4.69, 9.17) is 9.47 Å². The highest BCUT2D eigenvalue weighted by Crippen LogP contribution is 2.31. The van der Waals surface area contributed by atoms with Crippen LogP contribution >= 0.6 is 27.3 Å². The Hall–Kier alpha value is -2.97. The number of hydrogen-bond acceptors (Lipinski definition) is 6. The fourth-order valence-corrected chi connectivity index (χ4v) is 5.17. The smallest absolute Gasteiger partial charge is 0.338 e. The topological polar surface area (TPSA) is 69.9 Å². The van der Waals surface area contributed by atoms with Gasteiger partial charge in [-0.05, 0) is 62.2 Å². The summed E-state index contributed by atoms with van der Waals surface area (Å²) in [6.45, 7) is 5.37. The molecule has 2 heterocycles. The zero-order chi connectivity index (χ0) is 23.7. The lowest BCUT2D eigenvalue weighted by Crippen LogP contribution is -2.40. The minimum Gasteiger partial charge on any atom is -0.497 e. The third kappa shape index (κ3) is 4.72. The quantitative estimate of drug-likeness (QED) is 0.472. The standard InChI is InChI=1S/C25H23BrN2O4S/c1-14(2)32-24(30)21-15(3)27-25-28(22(21)17-8-10-19(31-4)11-9-17)23(29)20(33-25)13-16-6-5-7-18(26)12-16/h5-14,22H,1-4H3/b20-13+/t22-/m0/s1. The predicted octanol–water partition coefficient (Wildman–Crippen LogP) is 3.96. The fourth-order valence-electron chi connectivity index (χ4n) is 3.71. The molecule has 170 valence electrons. The van der Waals surface area contributed by atoms with E-state index in [0.29, 0.717) is 26.4 Å². The first-order valence-corrected chi connectivity index (χ1v) is 12.0. The molecule has 0 unspecified atom stereocenters. The van der Waals surface area contributed by atoms with E-state index in [0.717, 1.165) is 15.6 Å². The molecule has 0 saturated carbocycles. The molecule has 0 spiro atoms. The van der Waals surface area contributed by atoms with Gasteiger partial charge >= 0.3 is 5.97 Å². The van der Waals surface area contributed by atoms with Gasteiger partial charge in [0.1, 0.15) is 5.75 Å². The van der Waals surface area contributed by atoms with E-state index in [-0.39, 0.29) is 11.7 Å². The van der Waals surface area contributed by atoms with Crippen LogP contribution in [0.5, 0.6) is 5.75 Å². The zero-order valence-electron chi connectivity index (χ0n) is 18.7. The lowest BCUT2D eigenvalue weighted by Gasteiger charge is -2.25. The van der Waals surface area contributed by atoms with Crippen LogP contribution < -0.4 is 19.6 Å². The Morgan fingerprint density at radius 1 is 1.21 bits per heavy atom. The maximum atomic E-state index is 13.6. The SMILES string of the molecule is COc1ccc([C@H]2C(C(=O)OC(C)C)=C(C)N=c3s/c(=C/c4cccc(Br)c4)c(=O)n32)cc1. The van der Waals surface area contributed by atoms with Gasteiger partial charge in [0.2, 0.25) is 0 Å². The van der Waals surface area contributed by atoms with E-state index in [9.17, 15) is 9.59 Å². The van der Waals surface area contributed by atoms with Gasteiger partial charge in [0.15, 0.2) is 4.80 Å². The van der Waals surface area contributed by atoms with Crippen molar-refractivity contribution in [3.63, 3.8) is 0 Å². The molecule has 1 aliphatic heterocycles. The third-order valence-corrected chi connectivity index (χ3v) is 6.64. The molecule has 6 nitrogen and oxygen atoms in total. The number of aromatic nitrogens is 1. The molecule has 2 aromatic carbocycles. The highest BCUT2D eigenvalue weighted by atomic mass is 79.9. The van der Waals surface area contributed by atoms with Gasteiger partial charge in [-0.1, -0.05) is 51.5 Å². The maximum absolute atomic E-state index is 13.6. The molecule has 0 aliphatic carbocycles. The van der Waals surface area contributed by atoms with Gasteiger partial charge in [0, 0.05) is 4.47 Å². The van der Waals surface area contributed by atoms with Crippen LogP contribution in [-0.4, -0.2) is 23.8 Å². The number of rotatable bonds is 5. The Balaban J connectivity index is 1.94. The van der Waals surface area contributed by atoms with Crippen molar-refractivity contribution in [1.29, 1.82) is 0 Å². The average Bonchev–Trinajstić information content (AvgIpc) is 3.07. The van der Waals surface area contributed by atoms with Gasteiger partial charge in [0.25, 0.3) is 5.56 Å². The largest absolute Gasteiger partial charge is 0.497 e. The highest BCUT2D eigenvalue weighted by molar-refractivity contribution is 9.10. The second-order valence-electron chi connectivity index (χ2n) is 7.86. The molecule has 1 atom stereocenters. The number of hydrogen-bond donors (Lipinski definition) is 0. The van der Waals surface area contributed by atoms with Gasteiger partial charge < -0.3 is 9.47 Å². The van der Waals surface area contributed by atoms with E-state index in [1.165, 1.54) is 11.3 Å². The van der Waals surface area contributed by atoms with Crippen LogP contribution in [0, 0.1) is 0 Å². The second-order valence-corrected chi connectivity index (χ2v) is 9.79. The number of benzene rings is 2. The van der Waals surface area contributed by atoms with Crippen LogP contribution in [0.25, 0.3) is 6.08 Å². The Bertz CT molecular complexity index is 1420. The summed E-state index contributed by atoms with van der Waals surface area (Å²) in [6, 6.07) is 14.4. The number of fused-ring (bicyclic) bond motifs is 1. The van der Waals surface area contributed by atoms with Crippen molar-refractivity contribution in [1.82, 2.24) is 4.57 Å². The minimum atomic E-state index is -0.650. The summed E-state index contributed by atoms with van der Waals surface area (Å²) in [5.41, 5.74) is 2.36. The van der Waals surface area contributed by atoms with Gasteiger partial charge in [-0.15, -0.1) is 0 Å². The van der Waals surface area contributed by atoms with E-state index < -0.39 is 12.0 Å². The number of thiazole rings is 1. The number of halogens is 1. The molecule has 1 aliphatic rings. The number of carbonyl (C=O) groups is 1. The van der Waals surface area contributed by atoms with Crippen LogP contribution in [0.2, 0.25) is 0 Å². The summed E-state index contributed by atoms with van der Waals surface area (Å²) in [5.74, 6) is 0.209. The van der Waals surface area contributed by atoms with Crippen LogP contribution in [-0.2, 0) is 9.53 Å². The van der Waals surface area contributed by atoms with Crippen molar-refractivity contribution < 1.29 is 14.3 Å². The van der Waals surface area contributed by atoms with Crippen LogP contribution in [0.1, 0.15) is 37.9 Å². The monoisotopic (exact) mass is 526 g/mol. The Morgan fingerprint density at radius 2 is 1.94 bits per heavy atom. The molecule has 0 N–H and O–H groups in total. The summed E-state index contributed by atoms with van der Waals surface area (Å²) in [5, 5.41) is 0. The average molecular weight is 527 g/mol. The minimum absolute atomic E-state index is 0.207. The van der Waals surface area contributed by atoms with Crippen molar-refractivity contribution in [2.45, 2.75) is 32.9 Å². The molecule has 1 aromatic heterocycles. The molecular weight excluding hydrogens is 504 g/mol. The van der Waals surface area contributed by atoms with Gasteiger partial charge in [0.05, 0.1) is 35.1 Å². The number of methoxy groups -OCH3 is 1. The second kappa shape index (κ2) is 9.49. The summed E-state index contributed by atoms with van der Waals surface area (Å²) >= 11 is 4.77. The van der Waals surface area contributed by atoms with Crippen molar-refractivity contribution in [2.75, 3.05) is 7.11 Å². The summed E-state index contributed by atoms with van der Waals surface area (Å²) < 4.78 is 13.8. The molecule has 0 bridgehead atoms. The van der Waals surface area contributed by atoms with Crippen molar-refractivity contribution in [3.05, 3.63) is 95.1 Å². The molecule has 0 saturated heterocycles. The molecule has 0 amide bonds. The number of nitrogens with zero attached hydrogens (tertiary/aromatic N) is 2. The highest BCUT2D eigenvalue weighted by Gasteiger charge is 2.33. The van der Waals surface area contributed by atoms with Crippen LogP contribution in [0.15, 0.2) is 74.1 Å². The normalized spacial score (nSPS) is 15.9. The van der Waals surface area contributed by atoms with Crippen LogP contribution in [0.4, 0.5) is 0 Å². The Labute approximate surface area is 203 Å². The fraction of sp³-hybridized carbons (Fsp3) is 0.240. The lowest BCUT2D eigenvalue weighted by molar-refractivity contribution is -0.143. The van der Waals surface area contributed by atoms with Gasteiger partial charge in [-0.3, -0.25) is 9.36 Å². The molecule has 8 heteroatoms. The Kier molecular flexibility index (Phi) is 6.67. The molecule has 0 fully saturated rings. The molecule has 3 aromatic rings. The third-order valence-electron chi connectivity index (χ3n) is 5.16. The van der Waals surface area contributed by atoms with Gasteiger partial charge in [-0.25, -0.2) is 9.79 Å². The number of carbonyl (C=O) groups excluding carboxylic acids is 1. The summed E-state index contributed by atoms with van der Waals surface area (Å²) in [4.78, 5) is 31.8. The van der Waals surface area contributed by atoms with E-state index in [1.54, 1.807) is 32.4 Å². The van der Waals surface area contributed by atoms with Gasteiger partial charge in [-0.2, -0.15) is 0 Å². The number of esters is 1. The first-order valence-electron chi connectivity index (χ1n) is 10.4. The Morgan fingerprint density at radius 3 is 2.58 bits per heavy atom. The van der Waals surface area contributed by atoms with E-state index >= 15 is 0 Å². The molecule has 33 heavy (non-hydrogen) atoms. The van der Waals surface area contributed by atoms with Crippen molar-refractivity contribution >= 4 is 39.3 Å². The number of ether oxygens (including phenoxy) is 2. The number of allylic oxidation sites excluding steroid dienone is 1. The zero-order valence-corrected chi connectivity index (χ0v) is 21.1. The summed E-state index contributed by atoms with van der Waals surface area (Å²) in [6.07, 6.45) is 1.54. The van der Waals surface area contributed by atoms with Crippen molar-refractivity contribution in [2.24, 2.45) is 4.99 Å². The molecule has 0 radical (unpaired) electrons. The first-order chi connectivity index (χ1) is 15.8. The first kappa shape index (κ1) is 23.2. The predicted molar refractivity (Wildman–Crippen MR) is 132 cm³/mol. The molecule has 4 rings (SSSR count). The van der Waals surface area contributed by atoms with Crippen LogP contribution in [0.3, 0.4) is 0 Å². The van der Waals surface area contributed by atoms with E-state index in [1.807, 2.05) is 54.6 Å². The van der Waals surface area contributed by atoms with Crippen molar-refractivity contribution in [3.8, 4) is 5.75 Å².